The largest absolute Gasteiger partial charge is 0.345 e. The van der Waals surface area contributed by atoms with Crippen LogP contribution in [0, 0.1) is 5.92 Å². The molecule has 1 N–H and O–H groups in total. The molecule has 2 amide bonds. The lowest BCUT2D eigenvalue weighted by atomic mass is 10.1. The second-order valence-electron chi connectivity index (χ2n) is 6.44. The fraction of sp³-hybridized carbons (Fsp3) is 0.300. The second kappa shape index (κ2) is 7.28. The van der Waals surface area contributed by atoms with Crippen LogP contribution in [0.5, 0.6) is 0 Å². The summed E-state index contributed by atoms with van der Waals surface area (Å²) in [5, 5.41) is 3.62. The molecular weight excluding hydrogens is 336 g/mol. The van der Waals surface area contributed by atoms with Crippen LogP contribution in [-0.4, -0.2) is 18.9 Å². The summed E-state index contributed by atoms with van der Waals surface area (Å²) in [6.07, 6.45) is 1.87. The van der Waals surface area contributed by atoms with Gasteiger partial charge in [0.2, 0.25) is 5.91 Å². The van der Waals surface area contributed by atoms with E-state index in [1.165, 1.54) is 0 Å². The van der Waals surface area contributed by atoms with E-state index in [0.717, 1.165) is 18.4 Å². The molecule has 1 aliphatic carbocycles. The fourth-order valence-corrected chi connectivity index (χ4v) is 3.01. The first-order valence-electron chi connectivity index (χ1n) is 8.40. The predicted octanol–water partition coefficient (Wildman–Crippen LogP) is 4.20. The third-order valence-electron chi connectivity index (χ3n) is 4.46. The molecule has 5 heteroatoms. The Labute approximate surface area is 152 Å². The van der Waals surface area contributed by atoms with Crippen molar-refractivity contribution >= 4 is 29.1 Å². The van der Waals surface area contributed by atoms with Gasteiger partial charge in [0.15, 0.2) is 0 Å². The summed E-state index contributed by atoms with van der Waals surface area (Å²) in [6.45, 7) is 1.91. The van der Waals surface area contributed by atoms with Crippen molar-refractivity contribution in [2.24, 2.45) is 5.92 Å². The van der Waals surface area contributed by atoms with Crippen LogP contribution in [0.1, 0.15) is 41.7 Å². The molecule has 4 nitrogen and oxygen atoms in total. The van der Waals surface area contributed by atoms with Crippen LogP contribution >= 0.6 is 11.6 Å². The topological polar surface area (TPSA) is 49.4 Å². The van der Waals surface area contributed by atoms with E-state index < -0.39 is 0 Å². The number of para-hydroxylation sites is 1. The average molecular weight is 357 g/mol. The van der Waals surface area contributed by atoms with E-state index in [-0.39, 0.29) is 23.8 Å². The summed E-state index contributed by atoms with van der Waals surface area (Å²) in [5.41, 5.74) is 2.06. The van der Waals surface area contributed by atoms with Crippen LogP contribution in [-0.2, 0) is 4.79 Å². The Bertz CT molecular complexity index is 802. The molecule has 2 aromatic rings. The zero-order valence-corrected chi connectivity index (χ0v) is 15.1. The number of nitrogens with zero attached hydrogens (tertiary/aromatic N) is 1. The van der Waals surface area contributed by atoms with Gasteiger partial charge < -0.3 is 10.2 Å². The summed E-state index contributed by atoms with van der Waals surface area (Å²) >= 11 is 6.02. The molecule has 1 atom stereocenters. The predicted molar refractivity (Wildman–Crippen MR) is 99.9 cm³/mol. The van der Waals surface area contributed by atoms with E-state index in [0.29, 0.717) is 16.3 Å². The molecule has 0 heterocycles. The highest BCUT2D eigenvalue weighted by Crippen LogP contribution is 2.33. The minimum atomic E-state index is -0.210. The first-order chi connectivity index (χ1) is 12.0. The van der Waals surface area contributed by atoms with Crippen molar-refractivity contribution in [2.75, 3.05) is 11.9 Å². The highest BCUT2D eigenvalue weighted by Gasteiger charge is 2.33. The van der Waals surface area contributed by atoms with E-state index in [1.807, 2.05) is 31.2 Å². The van der Waals surface area contributed by atoms with E-state index >= 15 is 0 Å². The monoisotopic (exact) mass is 356 g/mol. The van der Waals surface area contributed by atoms with Crippen molar-refractivity contribution in [2.45, 2.75) is 25.8 Å². The number of hydrogen-bond acceptors (Lipinski definition) is 2. The van der Waals surface area contributed by atoms with Gasteiger partial charge in [0.05, 0.1) is 17.3 Å². The van der Waals surface area contributed by atoms with Crippen molar-refractivity contribution in [3.63, 3.8) is 0 Å². The summed E-state index contributed by atoms with van der Waals surface area (Å²) in [4.78, 5) is 26.7. The molecule has 3 rings (SSSR count). The maximum absolute atomic E-state index is 12.8. The Balaban J connectivity index is 1.79. The lowest BCUT2D eigenvalue weighted by Crippen LogP contribution is -2.32. The van der Waals surface area contributed by atoms with Crippen molar-refractivity contribution < 1.29 is 9.59 Å². The van der Waals surface area contributed by atoms with Crippen LogP contribution < -0.4 is 10.2 Å². The number of hydrogen-bond donors (Lipinski definition) is 1. The molecule has 130 valence electrons. The zero-order chi connectivity index (χ0) is 18.0. The molecule has 0 radical (unpaired) electrons. The lowest BCUT2D eigenvalue weighted by Gasteiger charge is -2.21. The highest BCUT2D eigenvalue weighted by atomic mass is 35.5. The fourth-order valence-electron chi connectivity index (χ4n) is 2.81. The summed E-state index contributed by atoms with van der Waals surface area (Å²) < 4.78 is 0. The average Bonchev–Trinajstić information content (AvgIpc) is 3.45. The summed E-state index contributed by atoms with van der Waals surface area (Å²) in [5.74, 6) is -0.0341. The molecule has 1 saturated carbocycles. The molecule has 1 fully saturated rings. The van der Waals surface area contributed by atoms with Crippen LogP contribution in [0.2, 0.25) is 5.02 Å². The maximum atomic E-state index is 12.8. The van der Waals surface area contributed by atoms with Crippen molar-refractivity contribution in [1.82, 2.24) is 5.32 Å². The van der Waals surface area contributed by atoms with E-state index in [1.54, 1.807) is 36.2 Å². The van der Waals surface area contributed by atoms with Crippen LogP contribution in [0.3, 0.4) is 0 Å². The van der Waals surface area contributed by atoms with Crippen molar-refractivity contribution in [1.29, 1.82) is 0 Å². The maximum Gasteiger partial charge on any atom is 0.253 e. The molecule has 1 unspecified atom stereocenters. The Hall–Kier alpha value is -2.33. The minimum absolute atomic E-state index is 0.0724. The number of halogens is 1. The van der Waals surface area contributed by atoms with Gasteiger partial charge in [-0.2, -0.15) is 0 Å². The minimum Gasteiger partial charge on any atom is -0.345 e. The third-order valence-corrected chi connectivity index (χ3v) is 4.70. The SMILES string of the molecule is CC(NC(=O)c1ccccc1N(C)C(=O)C1CC1)c1cccc(Cl)c1. The number of anilines is 1. The number of benzene rings is 2. The normalized spacial score (nSPS) is 14.7. The van der Waals surface area contributed by atoms with Gasteiger partial charge in [0.1, 0.15) is 0 Å². The van der Waals surface area contributed by atoms with Crippen LogP contribution in [0.25, 0.3) is 0 Å². The van der Waals surface area contributed by atoms with E-state index in [4.69, 9.17) is 11.6 Å². The third kappa shape index (κ3) is 4.02. The van der Waals surface area contributed by atoms with Gasteiger partial charge in [0.25, 0.3) is 5.91 Å². The number of nitrogens with one attached hydrogen (secondary N) is 1. The summed E-state index contributed by atoms with van der Waals surface area (Å²) in [7, 11) is 1.73. The van der Waals surface area contributed by atoms with Crippen molar-refractivity contribution in [3.05, 3.63) is 64.7 Å². The molecule has 0 aliphatic heterocycles. The molecule has 0 spiro atoms. The number of carbonyl (C=O) groups excluding carboxylic acids is 2. The number of amides is 2. The first kappa shape index (κ1) is 17.5. The number of carbonyl (C=O) groups is 2. The van der Waals surface area contributed by atoms with E-state index in [2.05, 4.69) is 5.32 Å². The van der Waals surface area contributed by atoms with Gasteiger partial charge in [0, 0.05) is 18.0 Å². The van der Waals surface area contributed by atoms with E-state index in [9.17, 15) is 9.59 Å². The summed E-state index contributed by atoms with van der Waals surface area (Å²) in [6, 6.07) is 14.4. The Morgan fingerprint density at radius 2 is 1.88 bits per heavy atom. The van der Waals surface area contributed by atoms with Gasteiger partial charge in [-0.1, -0.05) is 35.9 Å². The van der Waals surface area contributed by atoms with Gasteiger partial charge >= 0.3 is 0 Å². The number of rotatable bonds is 5. The zero-order valence-electron chi connectivity index (χ0n) is 14.3. The molecule has 0 aromatic heterocycles. The first-order valence-corrected chi connectivity index (χ1v) is 8.78. The van der Waals surface area contributed by atoms with Gasteiger partial charge in [-0.25, -0.2) is 0 Å². The highest BCUT2D eigenvalue weighted by molar-refractivity contribution is 6.30. The Kier molecular flexibility index (Phi) is 5.09. The van der Waals surface area contributed by atoms with Crippen LogP contribution in [0.4, 0.5) is 5.69 Å². The lowest BCUT2D eigenvalue weighted by molar-refractivity contribution is -0.119. The van der Waals surface area contributed by atoms with Gasteiger partial charge in [-0.3, -0.25) is 9.59 Å². The Morgan fingerprint density at radius 3 is 2.56 bits per heavy atom. The standard InChI is InChI=1S/C20H21ClN2O2/c1-13(15-6-5-7-16(21)12-15)22-19(24)17-8-3-4-9-18(17)23(2)20(25)14-10-11-14/h3-9,12-14H,10-11H2,1-2H3,(H,22,24). The molecular formula is C20H21ClN2O2. The molecule has 25 heavy (non-hydrogen) atoms. The molecule has 1 aliphatic rings. The molecule has 0 bridgehead atoms. The van der Waals surface area contributed by atoms with Crippen LogP contribution in [0.15, 0.2) is 48.5 Å². The van der Waals surface area contributed by atoms with Gasteiger partial charge in [-0.15, -0.1) is 0 Å². The quantitative estimate of drug-likeness (QED) is 0.872. The second-order valence-corrected chi connectivity index (χ2v) is 6.88. The molecule has 0 saturated heterocycles. The van der Waals surface area contributed by atoms with Gasteiger partial charge in [-0.05, 0) is 49.6 Å². The Morgan fingerprint density at radius 1 is 1.16 bits per heavy atom. The smallest absolute Gasteiger partial charge is 0.253 e. The molecule has 2 aromatic carbocycles. The van der Waals surface area contributed by atoms with Crippen molar-refractivity contribution in [3.8, 4) is 0 Å².